The van der Waals surface area contributed by atoms with E-state index in [1.54, 1.807) is 17.0 Å². The Hall–Kier alpha value is -2.71. The van der Waals surface area contributed by atoms with Gasteiger partial charge in [-0.3, -0.25) is 9.78 Å². The minimum Gasteiger partial charge on any atom is -0.481 e. The van der Waals surface area contributed by atoms with Crippen LogP contribution in [0.3, 0.4) is 0 Å². The molecule has 0 spiro atoms. The predicted molar refractivity (Wildman–Crippen MR) is 89.9 cm³/mol. The Balaban J connectivity index is 1.76. The van der Waals surface area contributed by atoms with Crippen molar-refractivity contribution in [2.24, 2.45) is 11.3 Å². The maximum absolute atomic E-state index is 13.4. The van der Waals surface area contributed by atoms with Crippen molar-refractivity contribution < 1.29 is 23.1 Å². The van der Waals surface area contributed by atoms with Crippen molar-refractivity contribution >= 4 is 11.8 Å². The van der Waals surface area contributed by atoms with E-state index in [1.165, 1.54) is 12.4 Å². The van der Waals surface area contributed by atoms with Crippen LogP contribution in [-0.2, 0) is 11.0 Å². The molecule has 0 amide bonds. The van der Waals surface area contributed by atoms with Gasteiger partial charge in [-0.15, -0.1) is 0 Å². The van der Waals surface area contributed by atoms with Crippen LogP contribution in [0.2, 0.25) is 0 Å². The number of carboxylic acids is 1. The molecule has 1 saturated carbocycles. The van der Waals surface area contributed by atoms with Crippen molar-refractivity contribution in [3.8, 4) is 11.4 Å². The van der Waals surface area contributed by atoms with Crippen molar-refractivity contribution in [2.75, 3.05) is 18.0 Å². The van der Waals surface area contributed by atoms with Gasteiger partial charge in [0.15, 0.2) is 11.5 Å². The Morgan fingerprint density at radius 2 is 2.15 bits per heavy atom. The highest BCUT2D eigenvalue weighted by molar-refractivity contribution is 5.78. The normalized spacial score (nSPS) is 24.9. The van der Waals surface area contributed by atoms with Gasteiger partial charge in [0.25, 0.3) is 0 Å². The molecule has 2 fully saturated rings. The molecule has 1 saturated heterocycles. The molecule has 9 heteroatoms. The molecule has 0 bridgehead atoms. The predicted octanol–water partition coefficient (Wildman–Crippen LogP) is 3.25. The number of hydrogen-bond donors (Lipinski definition) is 1. The van der Waals surface area contributed by atoms with E-state index in [9.17, 15) is 23.1 Å². The molecule has 142 valence electrons. The van der Waals surface area contributed by atoms with Crippen molar-refractivity contribution in [1.29, 1.82) is 0 Å². The van der Waals surface area contributed by atoms with Crippen LogP contribution < -0.4 is 4.90 Å². The van der Waals surface area contributed by atoms with Gasteiger partial charge < -0.3 is 10.0 Å². The summed E-state index contributed by atoms with van der Waals surface area (Å²) in [6.07, 6.45) is 0.400. The van der Waals surface area contributed by atoms with Gasteiger partial charge in [-0.2, -0.15) is 13.2 Å². The smallest absolute Gasteiger partial charge is 0.433 e. The number of rotatable bonds is 3. The highest BCUT2D eigenvalue weighted by Gasteiger charge is 2.55. The Bertz CT molecular complexity index is 875. The first-order chi connectivity index (χ1) is 12.8. The molecule has 27 heavy (non-hydrogen) atoms. The Morgan fingerprint density at radius 3 is 2.78 bits per heavy atom. The number of aliphatic carboxylic acids is 1. The average molecular weight is 378 g/mol. The fourth-order valence-corrected chi connectivity index (χ4v) is 4.18. The minimum atomic E-state index is -4.63. The second kappa shape index (κ2) is 6.17. The van der Waals surface area contributed by atoms with Gasteiger partial charge in [0.05, 0.1) is 5.41 Å². The van der Waals surface area contributed by atoms with Crippen molar-refractivity contribution in [3.63, 3.8) is 0 Å². The Kier molecular flexibility index (Phi) is 4.05. The zero-order valence-electron chi connectivity index (χ0n) is 14.3. The number of anilines is 1. The number of nitrogens with zero attached hydrogens (tertiary/aromatic N) is 4. The number of aromatic nitrogens is 3. The van der Waals surface area contributed by atoms with Crippen LogP contribution in [0.4, 0.5) is 19.0 Å². The van der Waals surface area contributed by atoms with Gasteiger partial charge >= 0.3 is 12.1 Å². The number of halogens is 3. The average Bonchev–Trinajstić information content (AvgIpc) is 3.20. The number of carboxylic acid groups (broad SMARTS) is 1. The molecule has 2 atom stereocenters. The van der Waals surface area contributed by atoms with E-state index in [0.717, 1.165) is 18.9 Å². The summed E-state index contributed by atoms with van der Waals surface area (Å²) in [4.78, 5) is 25.4. The van der Waals surface area contributed by atoms with Crippen LogP contribution >= 0.6 is 0 Å². The minimum absolute atomic E-state index is 0.0747. The van der Waals surface area contributed by atoms with Crippen LogP contribution in [-0.4, -0.2) is 39.1 Å². The second-order valence-corrected chi connectivity index (χ2v) is 7.11. The summed E-state index contributed by atoms with van der Waals surface area (Å²) < 4.78 is 40.1. The quantitative estimate of drug-likeness (QED) is 0.883. The van der Waals surface area contributed by atoms with Crippen LogP contribution in [0, 0.1) is 11.3 Å². The molecule has 0 aromatic carbocycles. The molecule has 1 aliphatic heterocycles. The van der Waals surface area contributed by atoms with Gasteiger partial charge in [0.1, 0.15) is 5.82 Å². The summed E-state index contributed by atoms with van der Waals surface area (Å²) in [5, 5.41) is 9.71. The fraction of sp³-hybridized carbons (Fsp3) is 0.444. The van der Waals surface area contributed by atoms with E-state index in [0.29, 0.717) is 18.5 Å². The molecule has 6 nitrogen and oxygen atoms in total. The maximum Gasteiger partial charge on any atom is 0.433 e. The van der Waals surface area contributed by atoms with Crippen molar-refractivity contribution in [3.05, 3.63) is 36.3 Å². The number of fused-ring (bicyclic) bond motifs is 1. The lowest BCUT2D eigenvalue weighted by Gasteiger charge is -2.24. The fourth-order valence-electron chi connectivity index (χ4n) is 4.18. The molecule has 2 aromatic heterocycles. The standard InChI is InChI=1S/C18H17F3N4O2/c19-18(20,21)13-7-14(24-15(23-13)11-3-2-6-22-8-11)25-9-12-4-1-5-17(12,10-25)16(26)27/h2-3,6-8,12H,1,4-5,9-10H2,(H,26,27)/t12-,17+/m0/s1. The number of pyridine rings is 1. The van der Waals surface area contributed by atoms with E-state index in [2.05, 4.69) is 15.0 Å². The third-order valence-electron chi connectivity index (χ3n) is 5.54. The zero-order valence-corrected chi connectivity index (χ0v) is 14.3. The Labute approximate surface area is 153 Å². The molecular formula is C18H17F3N4O2. The summed E-state index contributed by atoms with van der Waals surface area (Å²) in [7, 11) is 0. The number of carbonyl (C=O) groups is 1. The maximum atomic E-state index is 13.4. The van der Waals surface area contributed by atoms with E-state index in [-0.39, 0.29) is 24.1 Å². The first-order valence-electron chi connectivity index (χ1n) is 8.65. The van der Waals surface area contributed by atoms with Gasteiger partial charge in [-0.05, 0) is 30.9 Å². The van der Waals surface area contributed by atoms with Crippen LogP contribution in [0.25, 0.3) is 11.4 Å². The lowest BCUT2D eigenvalue weighted by molar-refractivity contribution is -0.149. The van der Waals surface area contributed by atoms with Crippen LogP contribution in [0.15, 0.2) is 30.6 Å². The summed E-state index contributed by atoms with van der Waals surface area (Å²) >= 11 is 0. The molecule has 0 radical (unpaired) electrons. The lowest BCUT2D eigenvalue weighted by atomic mass is 9.81. The monoisotopic (exact) mass is 378 g/mol. The third kappa shape index (κ3) is 3.00. The van der Waals surface area contributed by atoms with Crippen LogP contribution in [0.5, 0.6) is 0 Å². The topological polar surface area (TPSA) is 79.2 Å². The second-order valence-electron chi connectivity index (χ2n) is 7.11. The van der Waals surface area contributed by atoms with E-state index in [4.69, 9.17) is 0 Å². The first kappa shape index (κ1) is 17.7. The largest absolute Gasteiger partial charge is 0.481 e. The van der Waals surface area contributed by atoms with E-state index < -0.39 is 23.3 Å². The third-order valence-corrected chi connectivity index (χ3v) is 5.54. The highest BCUT2D eigenvalue weighted by atomic mass is 19.4. The molecule has 2 aliphatic rings. The summed E-state index contributed by atoms with van der Waals surface area (Å²) in [6.45, 7) is 0.543. The van der Waals surface area contributed by atoms with Gasteiger partial charge in [-0.25, -0.2) is 9.97 Å². The van der Waals surface area contributed by atoms with Crippen molar-refractivity contribution in [1.82, 2.24) is 15.0 Å². The Morgan fingerprint density at radius 1 is 1.33 bits per heavy atom. The molecule has 1 aliphatic carbocycles. The lowest BCUT2D eigenvalue weighted by Crippen LogP contribution is -2.36. The molecule has 1 N–H and O–H groups in total. The van der Waals surface area contributed by atoms with E-state index in [1.807, 2.05) is 0 Å². The summed E-state index contributed by atoms with van der Waals surface area (Å²) in [5.41, 5.74) is -1.58. The van der Waals surface area contributed by atoms with Crippen LogP contribution in [0.1, 0.15) is 25.0 Å². The summed E-state index contributed by atoms with van der Waals surface area (Å²) in [5.74, 6) is -0.938. The number of hydrogen-bond acceptors (Lipinski definition) is 5. The van der Waals surface area contributed by atoms with Crippen molar-refractivity contribution in [2.45, 2.75) is 25.4 Å². The molecule has 3 heterocycles. The van der Waals surface area contributed by atoms with Gasteiger partial charge in [-0.1, -0.05) is 6.42 Å². The van der Waals surface area contributed by atoms with E-state index >= 15 is 0 Å². The SMILES string of the molecule is O=C(O)[C@@]12CCC[C@H]1CN(c1cc(C(F)(F)F)nc(-c3cccnc3)n1)C2. The molecule has 2 aromatic rings. The highest BCUT2D eigenvalue weighted by Crippen LogP contribution is 2.50. The van der Waals surface area contributed by atoms with Gasteiger partial charge in [0.2, 0.25) is 0 Å². The first-order valence-corrected chi connectivity index (χ1v) is 8.65. The molecular weight excluding hydrogens is 361 g/mol. The molecule has 0 unspecified atom stereocenters. The summed E-state index contributed by atoms with van der Waals surface area (Å²) in [6, 6.07) is 4.08. The molecule has 4 rings (SSSR count). The zero-order chi connectivity index (χ0) is 19.2. The van der Waals surface area contributed by atoms with Gasteiger partial charge in [0, 0.05) is 37.1 Å². The number of alkyl halides is 3.